The van der Waals surface area contributed by atoms with Gasteiger partial charge in [-0.25, -0.2) is 0 Å². The number of aliphatic hydroxyl groups is 8. The number of carbonyl (C=O) groups is 1. The highest BCUT2D eigenvalue weighted by atomic mass is 16.7. The van der Waals surface area contributed by atoms with Gasteiger partial charge >= 0.3 is 0 Å². The van der Waals surface area contributed by atoms with Crippen molar-refractivity contribution in [3.05, 3.63) is 36.5 Å². The molecule has 2 aliphatic rings. The highest BCUT2D eigenvalue weighted by molar-refractivity contribution is 5.76. The summed E-state index contributed by atoms with van der Waals surface area (Å²) in [5, 5.41) is 87.4. The van der Waals surface area contributed by atoms with Gasteiger partial charge < -0.3 is 65.1 Å². The smallest absolute Gasteiger partial charge is 0.220 e. The summed E-state index contributed by atoms with van der Waals surface area (Å²) in [6, 6.07) is -0.937. The van der Waals surface area contributed by atoms with Gasteiger partial charge in [-0.2, -0.15) is 0 Å². The molecule has 14 nitrogen and oxygen atoms in total. The minimum absolute atomic E-state index is 0.247. The monoisotopic (exact) mass is 1190 g/mol. The number of carbonyl (C=O) groups excluding carboxylic acids is 1. The van der Waals surface area contributed by atoms with Crippen LogP contribution in [-0.4, -0.2) is 140 Å². The van der Waals surface area contributed by atoms with E-state index in [-0.39, 0.29) is 18.9 Å². The van der Waals surface area contributed by atoms with E-state index in [9.17, 15) is 45.6 Å². The summed E-state index contributed by atoms with van der Waals surface area (Å²) in [5.74, 6) is -0.247. The molecule has 2 fully saturated rings. The molecular formula is C70H131NO13. The summed E-state index contributed by atoms with van der Waals surface area (Å²) in [5.41, 5.74) is 0. The first kappa shape index (κ1) is 78.3. The Bertz CT molecular complexity index is 1550. The first-order valence-electron chi connectivity index (χ1n) is 35.2. The lowest BCUT2D eigenvalue weighted by Gasteiger charge is -2.46. The third kappa shape index (κ3) is 39.3. The Kier molecular flexibility index (Phi) is 51.5. The van der Waals surface area contributed by atoms with Crippen molar-refractivity contribution >= 4 is 5.91 Å². The molecule has 2 saturated heterocycles. The third-order valence-corrected chi connectivity index (χ3v) is 17.3. The molecule has 2 aliphatic heterocycles. The van der Waals surface area contributed by atoms with Crippen molar-refractivity contribution in [1.29, 1.82) is 0 Å². The Hall–Kier alpha value is -1.79. The van der Waals surface area contributed by atoms with Gasteiger partial charge in [0.25, 0.3) is 0 Å². The summed E-state index contributed by atoms with van der Waals surface area (Å²) in [4.78, 5) is 13.3. The van der Waals surface area contributed by atoms with Crippen molar-refractivity contribution in [2.24, 2.45) is 0 Å². The minimum atomic E-state index is -1.79. The van der Waals surface area contributed by atoms with Crippen molar-refractivity contribution in [3.8, 4) is 0 Å². The zero-order chi connectivity index (χ0) is 60.9. The summed E-state index contributed by atoms with van der Waals surface area (Å²) < 4.78 is 22.8. The number of hydrogen-bond acceptors (Lipinski definition) is 13. The molecule has 0 radical (unpaired) electrons. The van der Waals surface area contributed by atoms with Crippen LogP contribution in [0.3, 0.4) is 0 Å². The van der Waals surface area contributed by atoms with E-state index in [1.807, 2.05) is 6.08 Å². The second-order valence-corrected chi connectivity index (χ2v) is 25.0. The van der Waals surface area contributed by atoms with Gasteiger partial charge in [0.2, 0.25) is 5.91 Å². The molecule has 0 spiro atoms. The van der Waals surface area contributed by atoms with E-state index in [4.69, 9.17) is 18.9 Å². The number of unbranched alkanes of at least 4 members (excludes halogenated alkanes) is 41. The number of ether oxygens (including phenoxy) is 4. The largest absolute Gasteiger partial charge is 0.394 e. The highest BCUT2D eigenvalue weighted by Gasteiger charge is 2.51. The van der Waals surface area contributed by atoms with Crippen LogP contribution >= 0.6 is 0 Å². The maximum atomic E-state index is 13.3. The molecule has 0 aromatic rings. The molecule has 12 unspecified atom stereocenters. The van der Waals surface area contributed by atoms with Crippen molar-refractivity contribution in [2.45, 2.75) is 383 Å². The molecule has 0 aromatic heterocycles. The van der Waals surface area contributed by atoms with Gasteiger partial charge in [-0.3, -0.25) is 4.79 Å². The standard InChI is InChI=1S/C70H131NO13/c1-3-5-7-9-11-13-15-17-19-21-23-25-27-29-30-31-33-35-37-39-41-43-45-47-49-51-53-59(74)58(57-81-69-67(80)65(78)68(61(56-73)83-69)84-70-66(79)64(77)63(76)60(55-72)82-70)71-62(75)54-52-50-48-46-44-42-40-38-36-34-32-28-26-24-22-20-18-16-14-12-10-8-6-4-2/h35,37,43,45,51,53,58-61,63-70,72-74,76-80H,3-34,36,38-42,44,46-50,52,54-57H2,1-2H3,(H,71,75)/b37-35+,45-43+,53-51+. The molecule has 2 rings (SSSR count). The average molecular weight is 1190 g/mol. The Morgan fingerprint density at radius 1 is 0.417 bits per heavy atom. The lowest BCUT2D eigenvalue weighted by atomic mass is 9.97. The number of nitrogens with one attached hydrogen (secondary N) is 1. The molecule has 84 heavy (non-hydrogen) atoms. The van der Waals surface area contributed by atoms with Gasteiger partial charge in [-0.1, -0.05) is 294 Å². The fourth-order valence-corrected chi connectivity index (χ4v) is 11.7. The zero-order valence-corrected chi connectivity index (χ0v) is 53.7. The highest BCUT2D eigenvalue weighted by Crippen LogP contribution is 2.30. The molecule has 0 aromatic carbocycles. The third-order valence-electron chi connectivity index (χ3n) is 17.3. The number of allylic oxidation sites excluding steroid dienone is 5. The molecule has 2 heterocycles. The first-order chi connectivity index (χ1) is 41.1. The summed E-state index contributed by atoms with van der Waals surface area (Å²) in [6.45, 7) is 2.83. The van der Waals surface area contributed by atoms with Crippen LogP contribution in [0.5, 0.6) is 0 Å². The molecule has 494 valence electrons. The molecule has 9 N–H and O–H groups in total. The Morgan fingerprint density at radius 3 is 1.17 bits per heavy atom. The topological polar surface area (TPSA) is 228 Å². The average Bonchev–Trinajstić information content (AvgIpc) is 3.36. The van der Waals surface area contributed by atoms with Crippen molar-refractivity contribution < 1.29 is 64.6 Å². The molecule has 0 aliphatic carbocycles. The van der Waals surface area contributed by atoms with E-state index in [1.54, 1.807) is 6.08 Å². The first-order valence-corrected chi connectivity index (χ1v) is 35.2. The Labute approximate surface area is 512 Å². The van der Waals surface area contributed by atoms with Crippen LogP contribution < -0.4 is 5.32 Å². The van der Waals surface area contributed by atoms with Gasteiger partial charge in [0.1, 0.15) is 48.8 Å². The Balaban J connectivity index is 1.71. The van der Waals surface area contributed by atoms with Crippen LogP contribution in [0.1, 0.15) is 309 Å². The van der Waals surface area contributed by atoms with Crippen molar-refractivity contribution in [1.82, 2.24) is 5.32 Å². The minimum Gasteiger partial charge on any atom is -0.394 e. The molecule has 0 bridgehead atoms. The number of aliphatic hydroxyl groups excluding tert-OH is 8. The zero-order valence-electron chi connectivity index (χ0n) is 53.7. The van der Waals surface area contributed by atoms with E-state index in [0.29, 0.717) is 12.8 Å². The molecule has 14 heteroatoms. The quantitative estimate of drug-likeness (QED) is 0.0204. The van der Waals surface area contributed by atoms with E-state index < -0.39 is 86.8 Å². The normalized spacial score (nSPS) is 23.8. The predicted octanol–water partition coefficient (Wildman–Crippen LogP) is 14.1. The molecular weight excluding hydrogens is 1060 g/mol. The second kappa shape index (κ2) is 55.3. The van der Waals surface area contributed by atoms with Crippen LogP contribution in [0.2, 0.25) is 0 Å². The fourth-order valence-electron chi connectivity index (χ4n) is 11.7. The van der Waals surface area contributed by atoms with E-state index in [0.717, 1.165) is 44.9 Å². The summed E-state index contributed by atoms with van der Waals surface area (Å²) >= 11 is 0. The van der Waals surface area contributed by atoms with Gasteiger partial charge in [0, 0.05) is 6.42 Å². The van der Waals surface area contributed by atoms with Crippen LogP contribution in [0.15, 0.2) is 36.5 Å². The van der Waals surface area contributed by atoms with Gasteiger partial charge in [-0.05, 0) is 44.9 Å². The number of rotatable bonds is 58. The van der Waals surface area contributed by atoms with Crippen molar-refractivity contribution in [3.63, 3.8) is 0 Å². The second-order valence-electron chi connectivity index (χ2n) is 25.0. The van der Waals surface area contributed by atoms with Crippen LogP contribution in [0, 0.1) is 0 Å². The SMILES string of the molecule is CCCCCCCCCCCCCCCCCC/C=C/CC/C=C/CC/C=C/C(O)C(COC1OC(CO)C(OC2OC(CO)C(O)C(O)C2O)C(O)C1O)NC(=O)CCCCCCCCCCCCCCCCCCCCCCCCCC. The maximum Gasteiger partial charge on any atom is 0.220 e. The Morgan fingerprint density at radius 2 is 0.762 bits per heavy atom. The van der Waals surface area contributed by atoms with Crippen LogP contribution in [0.25, 0.3) is 0 Å². The number of amides is 1. The number of hydrogen-bond donors (Lipinski definition) is 9. The van der Waals surface area contributed by atoms with Gasteiger partial charge in [-0.15, -0.1) is 0 Å². The predicted molar refractivity (Wildman–Crippen MR) is 341 cm³/mol. The van der Waals surface area contributed by atoms with E-state index in [2.05, 4.69) is 43.5 Å². The fraction of sp³-hybridized carbons (Fsp3) is 0.900. The molecule has 12 atom stereocenters. The van der Waals surface area contributed by atoms with Crippen LogP contribution in [0.4, 0.5) is 0 Å². The van der Waals surface area contributed by atoms with Gasteiger partial charge in [0.15, 0.2) is 12.6 Å². The molecule has 0 saturated carbocycles. The summed E-state index contributed by atoms with van der Waals surface area (Å²) in [6.07, 6.45) is 53.5. The van der Waals surface area contributed by atoms with E-state index >= 15 is 0 Å². The van der Waals surface area contributed by atoms with Crippen LogP contribution in [-0.2, 0) is 23.7 Å². The van der Waals surface area contributed by atoms with E-state index in [1.165, 1.54) is 231 Å². The maximum absolute atomic E-state index is 13.3. The lowest BCUT2D eigenvalue weighted by Crippen LogP contribution is -2.65. The lowest BCUT2D eigenvalue weighted by molar-refractivity contribution is -0.359. The summed E-state index contributed by atoms with van der Waals surface area (Å²) in [7, 11) is 0. The van der Waals surface area contributed by atoms with Gasteiger partial charge in [0.05, 0.1) is 32.0 Å². The van der Waals surface area contributed by atoms with Crippen molar-refractivity contribution in [2.75, 3.05) is 19.8 Å². The molecule has 1 amide bonds.